The molecule has 8 nitrogen and oxygen atoms in total. The Balaban J connectivity index is 0.00000841. The van der Waals surface area contributed by atoms with Crippen molar-refractivity contribution in [2.45, 2.75) is 66.2 Å². The van der Waals surface area contributed by atoms with Crippen molar-refractivity contribution in [1.82, 2.24) is 16.0 Å². The molecule has 0 aliphatic carbocycles. The Morgan fingerprint density at radius 2 is 1.77 bits per heavy atom. The standard InChI is InChI=1S/C21H35N5O3.HI/c1-8-22-18(23-13-16-10-9-11-17(12-16)25-15(2)27)24-14-21(6,7)26-19(28)29-20(3,4)5;/h9-12H,8,13-14H2,1-7H3,(H,25,27)(H,26,28)(H2,22,23,24);1H. The molecule has 0 aliphatic rings. The van der Waals surface area contributed by atoms with Gasteiger partial charge in [0.2, 0.25) is 5.91 Å². The number of carbonyl (C=O) groups is 2. The molecule has 9 heteroatoms. The minimum Gasteiger partial charge on any atom is -0.444 e. The summed E-state index contributed by atoms with van der Waals surface area (Å²) >= 11 is 0. The van der Waals surface area contributed by atoms with Crippen LogP contribution in [-0.4, -0.2) is 42.2 Å². The van der Waals surface area contributed by atoms with E-state index in [1.54, 1.807) is 0 Å². The molecule has 0 bridgehead atoms. The third kappa shape index (κ3) is 12.5. The van der Waals surface area contributed by atoms with Crippen molar-refractivity contribution >= 4 is 47.6 Å². The van der Waals surface area contributed by atoms with Crippen molar-refractivity contribution in [2.75, 3.05) is 18.4 Å². The molecule has 1 aromatic rings. The summed E-state index contributed by atoms with van der Waals surface area (Å²) in [5, 5.41) is 12.1. The van der Waals surface area contributed by atoms with E-state index < -0.39 is 17.2 Å². The molecule has 0 radical (unpaired) electrons. The Bertz CT molecular complexity index is 730. The second-order valence-corrected chi connectivity index (χ2v) is 8.44. The summed E-state index contributed by atoms with van der Waals surface area (Å²) in [6, 6.07) is 7.56. The van der Waals surface area contributed by atoms with Gasteiger partial charge in [-0.1, -0.05) is 12.1 Å². The number of carbonyl (C=O) groups excluding carboxylic acids is 2. The van der Waals surface area contributed by atoms with Crippen LogP contribution in [0, 0.1) is 0 Å². The van der Waals surface area contributed by atoms with E-state index in [0.717, 1.165) is 11.3 Å². The molecule has 4 N–H and O–H groups in total. The zero-order valence-corrected chi connectivity index (χ0v) is 21.3. The lowest BCUT2D eigenvalue weighted by molar-refractivity contribution is -0.114. The highest BCUT2D eigenvalue weighted by Crippen LogP contribution is 2.12. The number of alkyl carbamates (subject to hydrolysis) is 1. The second kappa shape index (κ2) is 12.6. The highest BCUT2D eigenvalue weighted by Gasteiger charge is 2.24. The first-order chi connectivity index (χ1) is 13.4. The van der Waals surface area contributed by atoms with Gasteiger partial charge in [0.05, 0.1) is 12.1 Å². The third-order valence-electron chi connectivity index (χ3n) is 3.55. The Kier molecular flexibility index (Phi) is 11.8. The van der Waals surface area contributed by atoms with Crippen LogP contribution in [0.4, 0.5) is 10.5 Å². The van der Waals surface area contributed by atoms with Gasteiger partial charge in [0.15, 0.2) is 5.96 Å². The predicted molar refractivity (Wildman–Crippen MR) is 132 cm³/mol. The number of nitrogens with one attached hydrogen (secondary N) is 4. The summed E-state index contributed by atoms with van der Waals surface area (Å²) in [7, 11) is 0. The first-order valence-electron chi connectivity index (χ1n) is 9.80. The minimum absolute atomic E-state index is 0. The number of benzene rings is 1. The molecule has 2 amide bonds. The largest absolute Gasteiger partial charge is 0.444 e. The number of aliphatic imine (C=N–C) groups is 1. The SMILES string of the molecule is CCNC(=NCc1cccc(NC(C)=O)c1)NCC(C)(C)NC(=O)OC(C)(C)C.I. The number of guanidine groups is 1. The van der Waals surface area contributed by atoms with Crippen LogP contribution in [-0.2, 0) is 16.1 Å². The molecule has 0 fully saturated rings. The summed E-state index contributed by atoms with van der Waals surface area (Å²) in [4.78, 5) is 27.8. The average molecular weight is 533 g/mol. The molecular weight excluding hydrogens is 497 g/mol. The summed E-state index contributed by atoms with van der Waals surface area (Å²) in [5.74, 6) is 0.525. The predicted octanol–water partition coefficient (Wildman–Crippen LogP) is 3.62. The topological polar surface area (TPSA) is 104 Å². The summed E-state index contributed by atoms with van der Waals surface area (Å²) in [5.41, 5.74) is 0.630. The van der Waals surface area contributed by atoms with Gasteiger partial charge in [-0.05, 0) is 59.2 Å². The van der Waals surface area contributed by atoms with Gasteiger partial charge in [-0.25, -0.2) is 9.79 Å². The van der Waals surface area contributed by atoms with Crippen LogP contribution in [0.3, 0.4) is 0 Å². The Labute approximate surface area is 197 Å². The Hall–Kier alpha value is -2.04. The second-order valence-electron chi connectivity index (χ2n) is 8.44. The Morgan fingerprint density at radius 1 is 1.10 bits per heavy atom. The van der Waals surface area contributed by atoms with Gasteiger partial charge in [0.25, 0.3) is 0 Å². The zero-order chi connectivity index (χ0) is 22.1. The van der Waals surface area contributed by atoms with Crippen LogP contribution in [0.25, 0.3) is 0 Å². The van der Waals surface area contributed by atoms with E-state index in [0.29, 0.717) is 25.6 Å². The van der Waals surface area contributed by atoms with Gasteiger partial charge >= 0.3 is 6.09 Å². The normalized spacial score (nSPS) is 11.8. The fourth-order valence-electron chi connectivity index (χ4n) is 2.39. The molecule has 0 aliphatic heterocycles. The van der Waals surface area contributed by atoms with E-state index in [2.05, 4.69) is 26.3 Å². The number of rotatable bonds is 7. The number of hydrogen-bond donors (Lipinski definition) is 4. The van der Waals surface area contributed by atoms with Crippen LogP contribution in [0.1, 0.15) is 54.0 Å². The van der Waals surface area contributed by atoms with Gasteiger partial charge < -0.3 is 26.0 Å². The molecule has 0 atom stereocenters. The number of anilines is 1. The zero-order valence-electron chi connectivity index (χ0n) is 19.0. The fourth-order valence-corrected chi connectivity index (χ4v) is 2.39. The van der Waals surface area contributed by atoms with Crippen LogP contribution < -0.4 is 21.3 Å². The van der Waals surface area contributed by atoms with E-state index in [-0.39, 0.29) is 29.9 Å². The lowest BCUT2D eigenvalue weighted by Gasteiger charge is -2.29. The summed E-state index contributed by atoms with van der Waals surface area (Å²) < 4.78 is 5.32. The number of nitrogens with zero attached hydrogens (tertiary/aromatic N) is 1. The molecule has 0 heterocycles. The molecule has 1 aromatic carbocycles. The summed E-state index contributed by atoms with van der Waals surface area (Å²) in [6.45, 7) is 14.4. The maximum atomic E-state index is 12.0. The molecule has 0 unspecified atom stereocenters. The quantitative estimate of drug-likeness (QED) is 0.244. The van der Waals surface area contributed by atoms with E-state index in [1.165, 1.54) is 6.92 Å². The van der Waals surface area contributed by atoms with E-state index in [9.17, 15) is 9.59 Å². The van der Waals surface area contributed by atoms with Crippen LogP contribution in [0.5, 0.6) is 0 Å². The van der Waals surface area contributed by atoms with Crippen molar-refractivity contribution in [3.8, 4) is 0 Å². The lowest BCUT2D eigenvalue weighted by atomic mass is 10.1. The molecule has 30 heavy (non-hydrogen) atoms. The molecule has 170 valence electrons. The van der Waals surface area contributed by atoms with E-state index in [4.69, 9.17) is 4.74 Å². The third-order valence-corrected chi connectivity index (χ3v) is 3.55. The Morgan fingerprint density at radius 3 is 2.33 bits per heavy atom. The number of ether oxygens (including phenoxy) is 1. The van der Waals surface area contributed by atoms with Gasteiger partial charge in [0, 0.05) is 25.7 Å². The maximum absolute atomic E-state index is 12.0. The maximum Gasteiger partial charge on any atom is 0.408 e. The molecule has 0 aromatic heterocycles. The monoisotopic (exact) mass is 533 g/mol. The van der Waals surface area contributed by atoms with Crippen molar-refractivity contribution in [3.63, 3.8) is 0 Å². The fraction of sp³-hybridized carbons (Fsp3) is 0.571. The molecular formula is C21H36IN5O3. The van der Waals surface area contributed by atoms with E-state index >= 15 is 0 Å². The highest BCUT2D eigenvalue weighted by molar-refractivity contribution is 14.0. The van der Waals surface area contributed by atoms with Gasteiger partial charge in [-0.15, -0.1) is 24.0 Å². The van der Waals surface area contributed by atoms with Crippen molar-refractivity contribution in [1.29, 1.82) is 0 Å². The first-order valence-corrected chi connectivity index (χ1v) is 9.80. The van der Waals surface area contributed by atoms with Crippen molar-refractivity contribution in [2.24, 2.45) is 4.99 Å². The molecule has 1 rings (SSSR count). The average Bonchev–Trinajstić information content (AvgIpc) is 2.55. The van der Waals surface area contributed by atoms with Crippen LogP contribution in [0.15, 0.2) is 29.3 Å². The van der Waals surface area contributed by atoms with Crippen molar-refractivity contribution in [3.05, 3.63) is 29.8 Å². The minimum atomic E-state index is -0.546. The van der Waals surface area contributed by atoms with Gasteiger partial charge in [-0.3, -0.25) is 4.79 Å². The highest BCUT2D eigenvalue weighted by atomic mass is 127. The van der Waals surface area contributed by atoms with Gasteiger partial charge in [0.1, 0.15) is 5.60 Å². The number of amides is 2. The number of halogens is 1. The van der Waals surface area contributed by atoms with Crippen LogP contribution in [0.2, 0.25) is 0 Å². The smallest absolute Gasteiger partial charge is 0.408 e. The molecule has 0 saturated heterocycles. The lowest BCUT2D eigenvalue weighted by Crippen LogP contribution is -2.54. The first kappa shape index (κ1) is 28.0. The number of hydrogen-bond acceptors (Lipinski definition) is 4. The van der Waals surface area contributed by atoms with Crippen molar-refractivity contribution < 1.29 is 14.3 Å². The molecule has 0 spiro atoms. The summed E-state index contributed by atoms with van der Waals surface area (Å²) in [6.07, 6.45) is -0.457. The van der Waals surface area contributed by atoms with Crippen LogP contribution >= 0.6 is 24.0 Å². The van der Waals surface area contributed by atoms with Gasteiger partial charge in [-0.2, -0.15) is 0 Å². The van der Waals surface area contributed by atoms with E-state index in [1.807, 2.05) is 65.8 Å². The molecule has 0 saturated carbocycles.